The van der Waals surface area contributed by atoms with E-state index in [-0.39, 0.29) is 6.42 Å². The number of rotatable bonds is 5. The van der Waals surface area contributed by atoms with Crippen molar-refractivity contribution in [1.82, 2.24) is 15.4 Å². The first-order chi connectivity index (χ1) is 8.54. The van der Waals surface area contributed by atoms with Gasteiger partial charge in [0.25, 0.3) is 5.91 Å². The molecule has 98 valence electrons. The maximum atomic E-state index is 11.9. The summed E-state index contributed by atoms with van der Waals surface area (Å²) in [5.41, 5.74) is 0.620. The summed E-state index contributed by atoms with van der Waals surface area (Å²) in [5, 5.41) is 11.8. The van der Waals surface area contributed by atoms with Crippen LogP contribution in [0, 0.1) is 0 Å². The number of hydrogen-bond acceptors (Lipinski definition) is 4. The SMILES string of the molecule is CON(C)C(=O)[C@@H](Cc1ccccn1)NC(=O)O. The molecule has 0 aliphatic rings. The Hall–Kier alpha value is -2.15. The fourth-order valence-corrected chi connectivity index (χ4v) is 1.39. The van der Waals surface area contributed by atoms with Crippen molar-refractivity contribution in [3.05, 3.63) is 30.1 Å². The van der Waals surface area contributed by atoms with E-state index in [1.54, 1.807) is 24.4 Å². The minimum atomic E-state index is -1.27. The second-order valence-corrected chi connectivity index (χ2v) is 3.55. The number of pyridine rings is 1. The Labute approximate surface area is 104 Å². The van der Waals surface area contributed by atoms with Crippen LogP contribution < -0.4 is 5.32 Å². The molecule has 1 aromatic heterocycles. The van der Waals surface area contributed by atoms with Crippen molar-refractivity contribution in [2.24, 2.45) is 0 Å². The topological polar surface area (TPSA) is 91.8 Å². The highest BCUT2D eigenvalue weighted by atomic mass is 16.7. The third-order valence-corrected chi connectivity index (χ3v) is 2.32. The lowest BCUT2D eigenvalue weighted by atomic mass is 10.1. The van der Waals surface area contributed by atoms with Crippen molar-refractivity contribution in [1.29, 1.82) is 0 Å². The number of carboxylic acid groups (broad SMARTS) is 1. The van der Waals surface area contributed by atoms with Gasteiger partial charge < -0.3 is 10.4 Å². The summed E-state index contributed by atoms with van der Waals surface area (Å²) >= 11 is 0. The fourth-order valence-electron chi connectivity index (χ4n) is 1.39. The first kappa shape index (κ1) is 13.9. The number of nitrogens with zero attached hydrogens (tertiary/aromatic N) is 2. The number of carbonyl (C=O) groups is 2. The van der Waals surface area contributed by atoms with Crippen molar-refractivity contribution < 1.29 is 19.5 Å². The van der Waals surface area contributed by atoms with Gasteiger partial charge in [0.1, 0.15) is 6.04 Å². The number of nitrogens with one attached hydrogen (secondary N) is 1. The quantitative estimate of drug-likeness (QED) is 0.735. The van der Waals surface area contributed by atoms with Crippen molar-refractivity contribution in [3.8, 4) is 0 Å². The summed E-state index contributed by atoms with van der Waals surface area (Å²) in [6, 6.07) is 4.30. The van der Waals surface area contributed by atoms with Gasteiger partial charge >= 0.3 is 6.09 Å². The Balaban J connectivity index is 2.78. The first-order valence-corrected chi connectivity index (χ1v) is 5.25. The van der Waals surface area contributed by atoms with Crippen molar-refractivity contribution in [2.45, 2.75) is 12.5 Å². The molecule has 0 saturated carbocycles. The normalized spacial score (nSPS) is 11.7. The average molecular weight is 253 g/mol. The molecule has 7 nitrogen and oxygen atoms in total. The van der Waals surface area contributed by atoms with Crippen LogP contribution in [-0.4, -0.2) is 47.4 Å². The predicted octanol–water partition coefficient (Wildman–Crippen LogP) is 0.280. The van der Waals surface area contributed by atoms with E-state index in [1.807, 2.05) is 0 Å². The van der Waals surface area contributed by atoms with E-state index in [0.717, 1.165) is 5.06 Å². The fraction of sp³-hybridized carbons (Fsp3) is 0.364. The van der Waals surface area contributed by atoms with Gasteiger partial charge in [-0.15, -0.1) is 0 Å². The zero-order valence-corrected chi connectivity index (χ0v) is 10.2. The van der Waals surface area contributed by atoms with Gasteiger partial charge in [-0.2, -0.15) is 0 Å². The molecule has 0 aliphatic heterocycles. The number of carbonyl (C=O) groups excluding carboxylic acids is 1. The van der Waals surface area contributed by atoms with Gasteiger partial charge in [0.15, 0.2) is 0 Å². The van der Waals surface area contributed by atoms with Crippen LogP contribution in [0.15, 0.2) is 24.4 Å². The molecule has 1 heterocycles. The summed E-state index contributed by atoms with van der Waals surface area (Å²) in [4.78, 5) is 31.3. The Morgan fingerprint density at radius 2 is 2.28 bits per heavy atom. The van der Waals surface area contributed by atoms with Gasteiger partial charge in [-0.3, -0.25) is 14.6 Å². The molecule has 18 heavy (non-hydrogen) atoms. The number of hydroxylamine groups is 2. The Morgan fingerprint density at radius 1 is 1.56 bits per heavy atom. The summed E-state index contributed by atoms with van der Waals surface area (Å²) in [6.45, 7) is 0. The third-order valence-electron chi connectivity index (χ3n) is 2.32. The molecule has 0 radical (unpaired) electrons. The van der Waals surface area contributed by atoms with Gasteiger partial charge in [0.05, 0.1) is 7.11 Å². The standard InChI is InChI=1S/C11H15N3O4/c1-14(18-2)10(15)9(13-11(16)17)7-8-5-3-4-6-12-8/h3-6,9,13H,7H2,1-2H3,(H,16,17)/t9-/m1/s1. The predicted molar refractivity (Wildman–Crippen MR) is 62.7 cm³/mol. The van der Waals surface area contributed by atoms with Gasteiger partial charge in [-0.05, 0) is 12.1 Å². The van der Waals surface area contributed by atoms with E-state index in [9.17, 15) is 9.59 Å². The molecule has 2 N–H and O–H groups in total. The molecule has 0 spiro atoms. The molecule has 1 aromatic rings. The lowest BCUT2D eigenvalue weighted by Crippen LogP contribution is -2.48. The van der Waals surface area contributed by atoms with Crippen molar-refractivity contribution in [3.63, 3.8) is 0 Å². The third kappa shape index (κ3) is 4.02. The van der Waals surface area contributed by atoms with Crippen molar-refractivity contribution in [2.75, 3.05) is 14.2 Å². The van der Waals surface area contributed by atoms with Gasteiger partial charge in [0.2, 0.25) is 0 Å². The zero-order chi connectivity index (χ0) is 13.5. The average Bonchev–Trinajstić information content (AvgIpc) is 2.37. The molecule has 0 unspecified atom stereocenters. The molecule has 0 aliphatic carbocycles. The summed E-state index contributed by atoms with van der Waals surface area (Å²) in [7, 11) is 2.74. The van der Waals surface area contributed by atoms with Gasteiger partial charge in [-0.1, -0.05) is 6.07 Å². The highest BCUT2D eigenvalue weighted by Crippen LogP contribution is 2.03. The highest BCUT2D eigenvalue weighted by molar-refractivity contribution is 5.84. The van der Waals surface area contributed by atoms with Crippen LogP contribution in [0.4, 0.5) is 4.79 Å². The first-order valence-electron chi connectivity index (χ1n) is 5.25. The van der Waals surface area contributed by atoms with Crippen LogP contribution in [0.5, 0.6) is 0 Å². The van der Waals surface area contributed by atoms with Crippen LogP contribution in [0.25, 0.3) is 0 Å². The van der Waals surface area contributed by atoms with Crippen LogP contribution in [0.3, 0.4) is 0 Å². The minimum absolute atomic E-state index is 0.166. The Morgan fingerprint density at radius 3 is 2.78 bits per heavy atom. The highest BCUT2D eigenvalue weighted by Gasteiger charge is 2.24. The number of aromatic nitrogens is 1. The molecule has 2 amide bonds. The van der Waals surface area contributed by atoms with E-state index >= 15 is 0 Å². The number of likely N-dealkylation sites (N-methyl/N-ethyl adjacent to an activating group) is 1. The van der Waals surface area contributed by atoms with Gasteiger partial charge in [-0.25, -0.2) is 9.86 Å². The van der Waals surface area contributed by atoms with Crippen molar-refractivity contribution >= 4 is 12.0 Å². The maximum Gasteiger partial charge on any atom is 0.405 e. The van der Waals surface area contributed by atoms with E-state index in [1.165, 1.54) is 14.2 Å². The van der Waals surface area contributed by atoms with E-state index < -0.39 is 18.0 Å². The summed E-state index contributed by atoms with van der Waals surface area (Å²) in [6.07, 6.45) is 0.478. The van der Waals surface area contributed by atoms with Crippen LogP contribution in [-0.2, 0) is 16.1 Å². The smallest absolute Gasteiger partial charge is 0.405 e. The van der Waals surface area contributed by atoms with Crippen LogP contribution in [0.1, 0.15) is 5.69 Å². The lowest BCUT2D eigenvalue weighted by molar-refractivity contribution is -0.170. The Bertz CT molecular complexity index is 410. The molecular weight excluding hydrogens is 238 g/mol. The molecule has 1 atom stereocenters. The largest absolute Gasteiger partial charge is 0.465 e. The molecule has 0 fully saturated rings. The molecule has 0 bridgehead atoms. The minimum Gasteiger partial charge on any atom is -0.465 e. The molecular formula is C11H15N3O4. The summed E-state index contributed by atoms with van der Waals surface area (Å²) in [5.74, 6) is -0.481. The summed E-state index contributed by atoms with van der Waals surface area (Å²) < 4.78 is 0. The lowest BCUT2D eigenvalue weighted by Gasteiger charge is -2.21. The number of hydrogen-bond donors (Lipinski definition) is 2. The molecule has 0 saturated heterocycles. The van der Waals surface area contributed by atoms with E-state index in [2.05, 4.69) is 10.3 Å². The number of amides is 2. The molecule has 7 heteroatoms. The molecule has 0 aromatic carbocycles. The van der Waals surface area contributed by atoms with E-state index in [4.69, 9.17) is 9.94 Å². The van der Waals surface area contributed by atoms with E-state index in [0.29, 0.717) is 5.69 Å². The van der Waals surface area contributed by atoms with Gasteiger partial charge in [0, 0.05) is 25.4 Å². The molecule has 1 rings (SSSR count). The zero-order valence-electron chi connectivity index (χ0n) is 10.2. The monoisotopic (exact) mass is 253 g/mol. The maximum absolute atomic E-state index is 11.9. The Kier molecular flexibility index (Phi) is 5.06. The van der Waals surface area contributed by atoms with Crippen LogP contribution >= 0.6 is 0 Å². The second kappa shape index (κ2) is 6.55. The van der Waals surface area contributed by atoms with Crippen LogP contribution in [0.2, 0.25) is 0 Å². The second-order valence-electron chi connectivity index (χ2n) is 3.55.